The van der Waals surface area contributed by atoms with Gasteiger partial charge in [0.1, 0.15) is 18.2 Å². The maximum Gasteiger partial charge on any atom is 0.262 e. The minimum Gasteiger partial charge on any atom is -0.369 e. The molecule has 1 saturated heterocycles. The van der Waals surface area contributed by atoms with Crippen molar-refractivity contribution in [3.63, 3.8) is 0 Å². The van der Waals surface area contributed by atoms with Crippen molar-refractivity contribution in [3.05, 3.63) is 35.3 Å². The predicted octanol–water partition coefficient (Wildman–Crippen LogP) is -0.310. The van der Waals surface area contributed by atoms with Crippen LogP contribution in [0.25, 0.3) is 0 Å². The van der Waals surface area contributed by atoms with Gasteiger partial charge in [-0.05, 0) is 18.6 Å². The van der Waals surface area contributed by atoms with Gasteiger partial charge in [0.05, 0.1) is 18.1 Å². The minimum atomic E-state index is -3.89. The highest BCUT2D eigenvalue weighted by atomic mass is 32.2. The lowest BCUT2D eigenvalue weighted by molar-refractivity contribution is -0.133. The van der Waals surface area contributed by atoms with Crippen molar-refractivity contribution in [2.75, 3.05) is 19.8 Å². The van der Waals surface area contributed by atoms with E-state index in [0.29, 0.717) is 13.2 Å². The molecule has 126 valence electrons. The quantitative estimate of drug-likeness (QED) is 0.414. The Morgan fingerprint density at radius 2 is 2.00 bits per heavy atom. The summed E-state index contributed by atoms with van der Waals surface area (Å²) in [6.45, 7) is 0.939. The summed E-state index contributed by atoms with van der Waals surface area (Å²) in [7, 11) is -3.89. The van der Waals surface area contributed by atoms with Gasteiger partial charge in [-0.15, -0.1) is 0 Å². The van der Waals surface area contributed by atoms with E-state index in [0.717, 1.165) is 4.31 Å². The fraction of sp³-hybridized carbons (Fsp3) is 0.500. The van der Waals surface area contributed by atoms with Crippen molar-refractivity contribution in [1.29, 1.82) is 0 Å². The molecule has 0 aromatic heterocycles. The molecule has 0 aromatic carbocycles. The van der Waals surface area contributed by atoms with Crippen LogP contribution in [0, 0.1) is 0 Å². The van der Waals surface area contributed by atoms with E-state index in [1.807, 2.05) is 0 Å². The molecule has 3 aliphatic rings. The van der Waals surface area contributed by atoms with Crippen LogP contribution < -0.4 is 5.48 Å². The molecule has 0 saturated carbocycles. The van der Waals surface area contributed by atoms with Crippen molar-refractivity contribution < 1.29 is 27.9 Å². The summed E-state index contributed by atoms with van der Waals surface area (Å²) in [6, 6.07) is -0.981. The summed E-state index contributed by atoms with van der Waals surface area (Å²) < 4.78 is 37.8. The number of ether oxygens (including phenoxy) is 2. The molecule has 8 nitrogen and oxygen atoms in total. The SMILES string of the molecule is O=C(NO)[C@H]1CC=CCN1S(=O)(=O)C1=CC2OCCOC2C=C1. The second-order valence-electron chi connectivity index (χ2n) is 5.37. The van der Waals surface area contributed by atoms with Crippen LogP contribution in [0.2, 0.25) is 0 Å². The van der Waals surface area contributed by atoms with Crippen molar-refractivity contribution in [1.82, 2.24) is 9.79 Å². The van der Waals surface area contributed by atoms with Crippen molar-refractivity contribution in [2.45, 2.75) is 24.7 Å². The number of carbonyl (C=O) groups excluding carboxylic acids is 1. The topological polar surface area (TPSA) is 105 Å². The van der Waals surface area contributed by atoms with Crippen LogP contribution in [-0.2, 0) is 24.3 Å². The minimum absolute atomic E-state index is 0.0651. The summed E-state index contributed by atoms with van der Waals surface area (Å²) in [4.78, 5) is 11.8. The highest BCUT2D eigenvalue weighted by molar-refractivity contribution is 7.93. The molecule has 1 fully saturated rings. The molecule has 0 bridgehead atoms. The Morgan fingerprint density at radius 3 is 2.74 bits per heavy atom. The second kappa shape index (κ2) is 6.54. The Labute approximate surface area is 134 Å². The lowest BCUT2D eigenvalue weighted by Gasteiger charge is -2.34. The van der Waals surface area contributed by atoms with E-state index in [2.05, 4.69) is 0 Å². The first kappa shape index (κ1) is 16.3. The molecule has 0 spiro atoms. The number of nitrogens with one attached hydrogen (secondary N) is 1. The Morgan fingerprint density at radius 1 is 1.26 bits per heavy atom. The Hall–Kier alpha value is -1.52. The van der Waals surface area contributed by atoms with Crippen LogP contribution in [0.15, 0.2) is 35.3 Å². The average Bonchev–Trinajstić information content (AvgIpc) is 2.60. The molecule has 1 amide bonds. The van der Waals surface area contributed by atoms with Gasteiger partial charge in [-0.3, -0.25) is 10.0 Å². The molecule has 23 heavy (non-hydrogen) atoms. The smallest absolute Gasteiger partial charge is 0.262 e. The van der Waals surface area contributed by atoms with E-state index in [1.165, 1.54) is 17.6 Å². The lowest BCUT2D eigenvalue weighted by Crippen LogP contribution is -2.50. The molecule has 1 aliphatic carbocycles. The van der Waals surface area contributed by atoms with Gasteiger partial charge < -0.3 is 9.47 Å². The Balaban J connectivity index is 1.88. The molecule has 0 radical (unpaired) electrons. The summed E-state index contributed by atoms with van der Waals surface area (Å²) in [6.07, 6.45) is 7.47. The molecule has 9 heteroatoms. The van der Waals surface area contributed by atoms with Crippen LogP contribution >= 0.6 is 0 Å². The zero-order valence-electron chi connectivity index (χ0n) is 12.3. The van der Waals surface area contributed by atoms with E-state index in [9.17, 15) is 13.2 Å². The molecule has 2 heterocycles. The van der Waals surface area contributed by atoms with E-state index in [4.69, 9.17) is 14.7 Å². The first-order valence-corrected chi connectivity index (χ1v) is 8.72. The van der Waals surface area contributed by atoms with Crippen LogP contribution in [0.4, 0.5) is 0 Å². The third kappa shape index (κ3) is 3.10. The number of hydroxylamine groups is 1. The monoisotopic (exact) mass is 342 g/mol. The highest BCUT2D eigenvalue weighted by Gasteiger charge is 2.38. The summed E-state index contributed by atoms with van der Waals surface area (Å²) in [5, 5.41) is 8.82. The molecular formula is C14H18N2O6S. The van der Waals surface area contributed by atoms with Gasteiger partial charge in [0.2, 0.25) is 10.0 Å². The van der Waals surface area contributed by atoms with Gasteiger partial charge in [-0.2, -0.15) is 4.31 Å². The predicted molar refractivity (Wildman–Crippen MR) is 79.8 cm³/mol. The number of carbonyl (C=O) groups is 1. The zero-order valence-corrected chi connectivity index (χ0v) is 13.1. The number of allylic oxidation sites excluding steroid dienone is 1. The largest absolute Gasteiger partial charge is 0.369 e. The third-order valence-electron chi connectivity index (χ3n) is 3.98. The number of amides is 1. The average molecular weight is 342 g/mol. The van der Waals surface area contributed by atoms with Gasteiger partial charge in [0.15, 0.2) is 0 Å². The first-order valence-electron chi connectivity index (χ1n) is 7.28. The molecule has 3 rings (SSSR count). The first-order chi connectivity index (χ1) is 11.0. The van der Waals surface area contributed by atoms with Gasteiger partial charge in [0.25, 0.3) is 5.91 Å². The summed E-state index contributed by atoms with van der Waals surface area (Å²) in [5.74, 6) is -0.756. The Bertz CT molecular complexity index is 669. The molecule has 3 atom stereocenters. The van der Waals surface area contributed by atoms with E-state index in [-0.39, 0.29) is 24.0 Å². The van der Waals surface area contributed by atoms with Crippen LogP contribution in [0.3, 0.4) is 0 Å². The van der Waals surface area contributed by atoms with E-state index >= 15 is 0 Å². The summed E-state index contributed by atoms with van der Waals surface area (Å²) in [5.41, 5.74) is 1.52. The number of nitrogens with zero attached hydrogens (tertiary/aromatic N) is 1. The number of sulfonamides is 1. The number of hydrogen-bond acceptors (Lipinski definition) is 6. The van der Waals surface area contributed by atoms with Crippen molar-refractivity contribution in [2.24, 2.45) is 0 Å². The molecule has 2 aliphatic heterocycles. The highest BCUT2D eigenvalue weighted by Crippen LogP contribution is 2.28. The lowest BCUT2D eigenvalue weighted by atomic mass is 10.1. The molecular weight excluding hydrogens is 324 g/mol. The van der Waals surface area contributed by atoms with Crippen molar-refractivity contribution in [3.8, 4) is 0 Å². The van der Waals surface area contributed by atoms with Crippen LogP contribution in [-0.4, -0.2) is 61.8 Å². The van der Waals surface area contributed by atoms with Gasteiger partial charge in [-0.1, -0.05) is 18.2 Å². The number of hydrogen-bond donors (Lipinski definition) is 2. The maximum absolute atomic E-state index is 12.9. The Kier molecular flexibility index (Phi) is 4.64. The second-order valence-corrected chi connectivity index (χ2v) is 7.26. The van der Waals surface area contributed by atoms with Gasteiger partial charge in [0, 0.05) is 6.54 Å². The van der Waals surface area contributed by atoms with E-state index < -0.39 is 28.1 Å². The fourth-order valence-corrected chi connectivity index (χ4v) is 4.43. The molecule has 2 N–H and O–H groups in total. The maximum atomic E-state index is 12.9. The normalized spacial score (nSPS) is 31.3. The van der Waals surface area contributed by atoms with Crippen LogP contribution in [0.1, 0.15) is 6.42 Å². The van der Waals surface area contributed by atoms with Crippen molar-refractivity contribution >= 4 is 15.9 Å². The fourth-order valence-electron chi connectivity index (χ4n) is 2.81. The van der Waals surface area contributed by atoms with Gasteiger partial charge >= 0.3 is 0 Å². The summed E-state index contributed by atoms with van der Waals surface area (Å²) >= 11 is 0. The van der Waals surface area contributed by atoms with Crippen LogP contribution in [0.5, 0.6) is 0 Å². The third-order valence-corrected chi connectivity index (χ3v) is 5.87. The molecule has 0 aromatic rings. The van der Waals surface area contributed by atoms with E-state index in [1.54, 1.807) is 18.2 Å². The zero-order chi connectivity index (χ0) is 16.4. The van der Waals surface area contributed by atoms with Gasteiger partial charge in [-0.25, -0.2) is 13.9 Å². The number of rotatable bonds is 3. The molecule has 2 unspecified atom stereocenters. The number of fused-ring (bicyclic) bond motifs is 1. The standard InChI is InChI=1S/C14H18N2O6S/c17-14(15-18)11-3-1-2-6-16(11)23(19,20)10-4-5-12-13(9-10)22-8-7-21-12/h1-2,4-5,9,11-13,18H,3,6-8H2,(H,15,17)/t11-,12?,13?/m1/s1.